The summed E-state index contributed by atoms with van der Waals surface area (Å²) in [5.74, 6) is 2.06. The normalized spacial score (nSPS) is 18.9. The van der Waals surface area contributed by atoms with Crippen molar-refractivity contribution in [2.45, 2.75) is 44.3 Å². The fraction of sp³-hybridized carbons (Fsp3) is 0.280. The van der Waals surface area contributed by atoms with Crippen LogP contribution in [-0.2, 0) is 6.61 Å². The molecular weight excluding hydrogens is 410 g/mol. The molecule has 158 valence electrons. The minimum absolute atomic E-state index is 0.203. The van der Waals surface area contributed by atoms with Gasteiger partial charge in [0.2, 0.25) is 0 Å². The maximum Gasteiger partial charge on any atom is 0.155 e. The third-order valence-corrected chi connectivity index (χ3v) is 6.23. The summed E-state index contributed by atoms with van der Waals surface area (Å²) in [4.78, 5) is 9.33. The maximum atomic E-state index is 9.91. The van der Waals surface area contributed by atoms with Crippen molar-refractivity contribution in [3.05, 3.63) is 83.5 Å². The molecule has 31 heavy (non-hydrogen) atoms. The van der Waals surface area contributed by atoms with Gasteiger partial charge in [-0.1, -0.05) is 54.1 Å². The molecule has 0 spiro atoms. The van der Waals surface area contributed by atoms with E-state index in [0.29, 0.717) is 17.7 Å². The van der Waals surface area contributed by atoms with Gasteiger partial charge >= 0.3 is 0 Å². The molecular formula is C25H24ClN3O2. The molecule has 2 aromatic heterocycles. The van der Waals surface area contributed by atoms with Crippen molar-refractivity contribution in [2.24, 2.45) is 0 Å². The van der Waals surface area contributed by atoms with E-state index in [-0.39, 0.29) is 6.10 Å². The number of aromatic nitrogens is 3. The summed E-state index contributed by atoms with van der Waals surface area (Å²) >= 11 is 6.53. The van der Waals surface area contributed by atoms with Gasteiger partial charge < -0.3 is 9.84 Å². The molecule has 1 fully saturated rings. The number of imidazole rings is 1. The zero-order chi connectivity index (χ0) is 21.2. The fourth-order valence-electron chi connectivity index (χ4n) is 4.32. The van der Waals surface area contributed by atoms with Gasteiger partial charge in [-0.05, 0) is 43.4 Å². The van der Waals surface area contributed by atoms with Crippen molar-refractivity contribution in [1.29, 1.82) is 0 Å². The van der Waals surface area contributed by atoms with Crippen molar-refractivity contribution < 1.29 is 9.84 Å². The van der Waals surface area contributed by atoms with Crippen LogP contribution in [0.5, 0.6) is 5.75 Å². The number of aliphatic hydroxyl groups excluding tert-OH is 1. The molecule has 0 aliphatic heterocycles. The Morgan fingerprint density at radius 2 is 1.84 bits per heavy atom. The molecule has 0 atom stereocenters. The lowest BCUT2D eigenvalue weighted by atomic mass is 9.87. The molecule has 1 aliphatic rings. The monoisotopic (exact) mass is 433 g/mol. The largest absolute Gasteiger partial charge is 0.489 e. The number of fused-ring (bicyclic) bond motifs is 1. The van der Waals surface area contributed by atoms with E-state index in [1.165, 1.54) is 0 Å². The summed E-state index contributed by atoms with van der Waals surface area (Å²) in [5.41, 5.74) is 3.68. The highest BCUT2D eigenvalue weighted by atomic mass is 35.5. The van der Waals surface area contributed by atoms with Crippen molar-refractivity contribution in [2.75, 3.05) is 0 Å². The molecule has 0 amide bonds. The molecule has 0 bridgehead atoms. The Labute approximate surface area is 186 Å². The Morgan fingerprint density at radius 1 is 1.03 bits per heavy atom. The quantitative estimate of drug-likeness (QED) is 0.442. The van der Waals surface area contributed by atoms with Gasteiger partial charge in [-0.25, -0.2) is 9.97 Å². The van der Waals surface area contributed by atoms with Crippen LogP contribution in [0.3, 0.4) is 0 Å². The lowest BCUT2D eigenvalue weighted by Crippen LogP contribution is -2.18. The molecule has 1 N–H and O–H groups in total. The van der Waals surface area contributed by atoms with Gasteiger partial charge in [0.25, 0.3) is 0 Å². The van der Waals surface area contributed by atoms with Crippen molar-refractivity contribution in [3.63, 3.8) is 0 Å². The van der Waals surface area contributed by atoms with E-state index in [4.69, 9.17) is 21.3 Å². The third-order valence-electron chi connectivity index (χ3n) is 5.96. The number of aliphatic hydroxyl groups is 1. The van der Waals surface area contributed by atoms with E-state index in [9.17, 15) is 5.11 Å². The molecule has 4 aromatic rings. The van der Waals surface area contributed by atoms with E-state index >= 15 is 0 Å². The molecule has 6 heteroatoms. The first kappa shape index (κ1) is 20.0. The predicted molar refractivity (Wildman–Crippen MR) is 121 cm³/mol. The molecule has 1 saturated carbocycles. The summed E-state index contributed by atoms with van der Waals surface area (Å²) in [7, 11) is 0. The van der Waals surface area contributed by atoms with Crippen molar-refractivity contribution in [3.8, 4) is 17.0 Å². The van der Waals surface area contributed by atoms with Crippen LogP contribution in [0.2, 0.25) is 5.15 Å². The van der Waals surface area contributed by atoms with E-state index in [1.807, 2.05) is 60.8 Å². The van der Waals surface area contributed by atoms with Crippen molar-refractivity contribution >= 4 is 17.1 Å². The van der Waals surface area contributed by atoms with Crippen LogP contribution in [0, 0.1) is 0 Å². The van der Waals surface area contributed by atoms with E-state index in [0.717, 1.165) is 59.6 Å². The zero-order valence-electron chi connectivity index (χ0n) is 17.1. The first-order valence-electron chi connectivity index (χ1n) is 10.7. The lowest BCUT2D eigenvalue weighted by molar-refractivity contribution is 0.121. The summed E-state index contributed by atoms with van der Waals surface area (Å²) in [6.07, 6.45) is 6.87. The Bertz CT molecular complexity index is 1180. The van der Waals surface area contributed by atoms with E-state index in [2.05, 4.69) is 9.38 Å². The number of rotatable bonds is 5. The lowest BCUT2D eigenvalue weighted by Gasteiger charge is -2.24. The topological polar surface area (TPSA) is 59.7 Å². The standard InChI is InChI=1S/C25H24ClN3O2/c26-24-23-22(19-7-4-8-21(15-19)31-16-17-5-2-1-3-6-17)28-25(29(23)14-13-27-24)18-9-11-20(30)12-10-18/h1-8,13-15,18,20,30H,9-12,16H2. The van der Waals surface area contributed by atoms with E-state index < -0.39 is 0 Å². The van der Waals surface area contributed by atoms with Gasteiger partial charge in [-0.15, -0.1) is 0 Å². The van der Waals surface area contributed by atoms with Gasteiger partial charge in [0.1, 0.15) is 23.7 Å². The number of hydrogen-bond acceptors (Lipinski definition) is 4. The predicted octanol–water partition coefficient (Wildman–Crippen LogP) is 5.65. The van der Waals surface area contributed by atoms with Gasteiger partial charge in [-0.3, -0.25) is 4.40 Å². The highest BCUT2D eigenvalue weighted by Gasteiger charge is 2.26. The van der Waals surface area contributed by atoms with Crippen LogP contribution < -0.4 is 4.74 Å². The molecule has 1 aliphatic carbocycles. The minimum Gasteiger partial charge on any atom is -0.489 e. The van der Waals surface area contributed by atoms with Crippen LogP contribution in [0.1, 0.15) is 43.0 Å². The molecule has 2 aromatic carbocycles. The zero-order valence-corrected chi connectivity index (χ0v) is 17.9. The molecule has 0 unspecified atom stereocenters. The van der Waals surface area contributed by atoms with Crippen LogP contribution in [0.4, 0.5) is 0 Å². The molecule has 5 nitrogen and oxygen atoms in total. The Kier molecular flexibility index (Phi) is 5.62. The number of ether oxygens (including phenoxy) is 1. The van der Waals surface area contributed by atoms with Crippen molar-refractivity contribution in [1.82, 2.24) is 14.4 Å². The highest BCUT2D eigenvalue weighted by molar-refractivity contribution is 6.33. The van der Waals surface area contributed by atoms with Gasteiger partial charge in [-0.2, -0.15) is 0 Å². The van der Waals surface area contributed by atoms with Crippen LogP contribution >= 0.6 is 11.6 Å². The first-order valence-corrected chi connectivity index (χ1v) is 11.0. The SMILES string of the molecule is OC1CCC(c2nc(-c3cccc(OCc4ccccc4)c3)c3c(Cl)nccn23)CC1. The average molecular weight is 434 g/mol. The molecule has 2 heterocycles. The van der Waals surface area contributed by atoms with Gasteiger partial charge in [0.05, 0.1) is 11.8 Å². The molecule has 0 radical (unpaired) electrons. The molecule has 5 rings (SSSR count). The number of hydrogen-bond donors (Lipinski definition) is 1. The molecule has 0 saturated heterocycles. The second-order valence-corrected chi connectivity index (χ2v) is 8.42. The minimum atomic E-state index is -0.203. The smallest absolute Gasteiger partial charge is 0.155 e. The Balaban J connectivity index is 1.50. The fourth-order valence-corrected chi connectivity index (χ4v) is 4.56. The Hall–Kier alpha value is -2.89. The van der Waals surface area contributed by atoms with Crippen LogP contribution in [0.25, 0.3) is 16.8 Å². The van der Waals surface area contributed by atoms with Gasteiger partial charge in [0, 0.05) is 23.9 Å². The summed E-state index contributed by atoms with van der Waals surface area (Å²) in [6.45, 7) is 0.506. The number of halogens is 1. The second kappa shape index (κ2) is 8.69. The van der Waals surface area contributed by atoms with Gasteiger partial charge in [0.15, 0.2) is 5.15 Å². The first-order chi connectivity index (χ1) is 15.2. The Morgan fingerprint density at radius 3 is 2.65 bits per heavy atom. The van der Waals surface area contributed by atoms with Crippen LogP contribution in [0.15, 0.2) is 67.0 Å². The van der Waals surface area contributed by atoms with E-state index in [1.54, 1.807) is 6.20 Å². The third kappa shape index (κ3) is 4.16. The maximum absolute atomic E-state index is 9.91. The van der Waals surface area contributed by atoms with Crippen LogP contribution in [-0.4, -0.2) is 25.6 Å². The summed E-state index contributed by atoms with van der Waals surface area (Å²) in [5, 5.41) is 10.3. The summed E-state index contributed by atoms with van der Waals surface area (Å²) < 4.78 is 8.08. The summed E-state index contributed by atoms with van der Waals surface area (Å²) in [6, 6.07) is 18.1. The highest BCUT2D eigenvalue weighted by Crippen LogP contribution is 2.37. The number of nitrogens with zero attached hydrogens (tertiary/aromatic N) is 3. The average Bonchev–Trinajstić information content (AvgIpc) is 3.20. The number of benzene rings is 2. The second-order valence-electron chi connectivity index (χ2n) is 8.06.